The van der Waals surface area contributed by atoms with Gasteiger partial charge in [0.25, 0.3) is 0 Å². The second-order valence-corrected chi connectivity index (χ2v) is 10.2. The van der Waals surface area contributed by atoms with Gasteiger partial charge in [-0.25, -0.2) is 15.7 Å². The number of rotatable bonds is 8. The predicted molar refractivity (Wildman–Crippen MR) is 138 cm³/mol. The number of carbonyl (C=O) groups is 2. The number of benzene rings is 3. The van der Waals surface area contributed by atoms with Crippen LogP contribution in [0.5, 0.6) is 5.75 Å². The van der Waals surface area contributed by atoms with E-state index in [0.717, 1.165) is 21.2 Å². The van der Waals surface area contributed by atoms with Gasteiger partial charge in [-0.05, 0) is 60.4 Å². The molecule has 1 aliphatic heterocycles. The Morgan fingerprint density at radius 1 is 1.10 bits per heavy atom. The fraction of sp³-hybridized carbons (Fsp3) is 0.241. The molecule has 10 heteroatoms. The molecule has 6 nitrogen and oxygen atoms in total. The molecule has 1 fully saturated rings. The Morgan fingerprint density at radius 3 is 2.36 bits per heavy atom. The van der Waals surface area contributed by atoms with Gasteiger partial charge >= 0.3 is 59.1 Å². The largest absolute Gasteiger partial charge is 1.00 e. The number of fused-ring (bicyclic) bond motifs is 1. The van der Waals surface area contributed by atoms with Crippen molar-refractivity contribution in [3.63, 3.8) is 0 Å². The van der Waals surface area contributed by atoms with Gasteiger partial charge in [0.05, 0.1) is 4.88 Å². The molecular weight excluding hydrogens is 539 g/mol. The standard InChI is InChI=1S/C29H25FNO4S.2Na.H2O/c1-17-13-21(30)14-18(2)25(17)27(32)28-26(23-5-3-4-6-24(23)36-28)19-7-9-22(10-8-19)35-12-11-31-15-20(16-31)29(33)34;;;/h3,5-10,13-14,20H,11-12,15-16H2,1-2H3,(H,33,34);;;1H2/q-1;2*+1;/p-2. The van der Waals surface area contributed by atoms with Crippen molar-refractivity contribution in [3.05, 3.63) is 88.0 Å². The van der Waals surface area contributed by atoms with E-state index in [1.54, 1.807) is 13.8 Å². The second-order valence-electron chi connectivity index (χ2n) is 9.12. The summed E-state index contributed by atoms with van der Waals surface area (Å²) in [5.74, 6) is -1.16. The van der Waals surface area contributed by atoms with Crippen LogP contribution in [0.1, 0.15) is 26.4 Å². The molecule has 0 spiro atoms. The van der Waals surface area contributed by atoms with Crippen LogP contribution in [-0.2, 0) is 4.79 Å². The third-order valence-electron chi connectivity index (χ3n) is 6.58. The van der Waals surface area contributed by atoms with E-state index in [9.17, 15) is 19.1 Å². The number of carboxylic acids is 1. The number of thiophene rings is 1. The first-order valence-electron chi connectivity index (χ1n) is 11.7. The molecule has 0 unspecified atom stereocenters. The number of likely N-dealkylation sites (tertiary alicyclic amines) is 1. The Kier molecular flexibility index (Phi) is 12.4. The van der Waals surface area contributed by atoms with Crippen molar-refractivity contribution < 1.29 is 88.4 Å². The summed E-state index contributed by atoms with van der Waals surface area (Å²) in [6.45, 7) is 5.60. The molecular formula is C29H25FNNa2O5S-. The molecule has 0 atom stereocenters. The third kappa shape index (κ3) is 7.19. The molecule has 1 aliphatic rings. The molecule has 39 heavy (non-hydrogen) atoms. The van der Waals surface area contributed by atoms with Crippen LogP contribution in [0.4, 0.5) is 4.39 Å². The Balaban J connectivity index is 0.00000178. The molecule has 2 heterocycles. The first-order valence-corrected chi connectivity index (χ1v) is 12.5. The SMILES string of the molecule is Cc1cc(F)cc(C)c1C(=O)c1sc2c[c-]ccc2c1-c1ccc(OCCN2CC(C(=O)[O-])C2)cc1.[Na+].[Na+].[OH-]. The number of hydrogen-bond donors (Lipinski definition) is 0. The molecule has 0 bridgehead atoms. The average Bonchev–Trinajstić information content (AvgIpc) is 3.19. The van der Waals surface area contributed by atoms with E-state index >= 15 is 0 Å². The Hall–Kier alpha value is -1.59. The van der Waals surface area contributed by atoms with Crippen molar-refractivity contribution in [1.29, 1.82) is 0 Å². The maximum absolute atomic E-state index is 13.9. The molecule has 0 amide bonds. The molecule has 4 aromatic rings. The topological polar surface area (TPSA) is 99.7 Å². The number of halogens is 1. The number of carboxylic acid groups (broad SMARTS) is 1. The monoisotopic (exact) mass is 564 g/mol. The molecule has 0 saturated carbocycles. The summed E-state index contributed by atoms with van der Waals surface area (Å²) in [6.07, 6.45) is 0. The van der Waals surface area contributed by atoms with Gasteiger partial charge in [0.15, 0.2) is 0 Å². The summed E-state index contributed by atoms with van der Waals surface area (Å²) in [7, 11) is 0. The van der Waals surface area contributed by atoms with Gasteiger partial charge in [0.2, 0.25) is 5.78 Å². The fourth-order valence-corrected chi connectivity index (χ4v) is 5.88. The van der Waals surface area contributed by atoms with Crippen LogP contribution in [-0.4, -0.2) is 48.4 Å². The number of hydrogen-bond acceptors (Lipinski definition) is 7. The van der Waals surface area contributed by atoms with E-state index < -0.39 is 5.97 Å². The van der Waals surface area contributed by atoms with E-state index in [0.29, 0.717) is 53.6 Å². The van der Waals surface area contributed by atoms with Crippen molar-refractivity contribution in [1.82, 2.24) is 4.90 Å². The van der Waals surface area contributed by atoms with Crippen LogP contribution in [0.25, 0.3) is 21.2 Å². The number of ketones is 1. The zero-order chi connectivity index (χ0) is 25.4. The summed E-state index contributed by atoms with van der Waals surface area (Å²) >= 11 is 1.42. The Bertz CT molecular complexity index is 1450. The molecule has 0 aliphatic carbocycles. The molecule has 192 valence electrons. The van der Waals surface area contributed by atoms with Crippen molar-refractivity contribution in [2.24, 2.45) is 5.92 Å². The van der Waals surface area contributed by atoms with Crippen molar-refractivity contribution in [2.45, 2.75) is 13.8 Å². The summed E-state index contributed by atoms with van der Waals surface area (Å²) in [6, 6.07) is 19.2. The van der Waals surface area contributed by atoms with Crippen molar-refractivity contribution in [2.75, 3.05) is 26.2 Å². The third-order valence-corrected chi connectivity index (χ3v) is 7.73. The van der Waals surface area contributed by atoms with Crippen LogP contribution >= 0.6 is 11.3 Å². The van der Waals surface area contributed by atoms with Gasteiger partial charge < -0.3 is 20.1 Å². The van der Waals surface area contributed by atoms with E-state index in [4.69, 9.17) is 4.74 Å². The van der Waals surface area contributed by atoms with Gasteiger partial charge in [-0.15, -0.1) is 5.39 Å². The Labute approximate surface area is 275 Å². The van der Waals surface area contributed by atoms with Crippen LogP contribution in [0.2, 0.25) is 0 Å². The zero-order valence-corrected chi connectivity index (χ0v) is 27.2. The normalized spacial score (nSPS) is 13.0. The van der Waals surface area contributed by atoms with Gasteiger partial charge in [0, 0.05) is 37.1 Å². The van der Waals surface area contributed by atoms with Crippen LogP contribution in [0.3, 0.4) is 0 Å². The maximum atomic E-state index is 13.9. The number of aryl methyl sites for hydroxylation is 2. The van der Waals surface area contributed by atoms with Gasteiger partial charge in [-0.3, -0.25) is 9.69 Å². The number of carbonyl (C=O) groups excluding carboxylic acids is 2. The zero-order valence-electron chi connectivity index (χ0n) is 22.4. The van der Waals surface area contributed by atoms with Gasteiger partial charge in [-0.1, -0.05) is 16.8 Å². The molecule has 0 radical (unpaired) electrons. The first-order chi connectivity index (χ1) is 17.3. The second kappa shape index (κ2) is 14.3. The number of ether oxygens (including phenoxy) is 1. The van der Waals surface area contributed by atoms with E-state index in [2.05, 4.69) is 6.07 Å². The van der Waals surface area contributed by atoms with Crippen LogP contribution in [0.15, 0.2) is 54.6 Å². The van der Waals surface area contributed by atoms with Gasteiger partial charge in [-0.2, -0.15) is 24.3 Å². The summed E-state index contributed by atoms with van der Waals surface area (Å²) < 4.78 is 20.7. The van der Waals surface area contributed by atoms with Crippen molar-refractivity contribution >= 4 is 33.2 Å². The first kappa shape index (κ1) is 33.6. The summed E-state index contributed by atoms with van der Waals surface area (Å²) in [5, 5.41) is 11.8. The molecule has 3 aromatic carbocycles. The number of nitrogens with zero attached hydrogens (tertiary/aromatic N) is 1. The van der Waals surface area contributed by atoms with Crippen molar-refractivity contribution in [3.8, 4) is 16.9 Å². The molecule has 1 saturated heterocycles. The minimum Gasteiger partial charge on any atom is -0.870 e. The maximum Gasteiger partial charge on any atom is 1.00 e. The minimum absolute atomic E-state index is 0. The van der Waals surface area contributed by atoms with Crippen LogP contribution in [0, 0.1) is 31.6 Å². The minimum atomic E-state index is -0.996. The smallest absolute Gasteiger partial charge is 0.870 e. The molecule has 1 aromatic heterocycles. The van der Waals surface area contributed by atoms with Crippen LogP contribution < -0.4 is 69.0 Å². The summed E-state index contributed by atoms with van der Waals surface area (Å²) in [5.41, 5.74) is 3.49. The van der Waals surface area contributed by atoms with Gasteiger partial charge in [0.1, 0.15) is 18.2 Å². The van der Waals surface area contributed by atoms with E-state index in [-0.39, 0.29) is 82.1 Å². The predicted octanol–water partition coefficient (Wildman–Crippen LogP) is -1.75. The van der Waals surface area contributed by atoms with E-state index in [1.807, 2.05) is 47.4 Å². The average molecular weight is 565 g/mol. The summed E-state index contributed by atoms with van der Waals surface area (Å²) in [4.78, 5) is 27.2. The van der Waals surface area contributed by atoms with E-state index in [1.165, 1.54) is 23.5 Å². The molecule has 5 rings (SSSR count). The fourth-order valence-electron chi connectivity index (χ4n) is 4.73. The quantitative estimate of drug-likeness (QED) is 0.143. The molecule has 1 N–H and O–H groups in total. The Morgan fingerprint density at radius 2 is 1.74 bits per heavy atom. The number of aliphatic carboxylic acids is 1.